The predicted molar refractivity (Wildman–Crippen MR) is 59.0 cm³/mol. The molecule has 1 N–H and O–H groups in total. The molecule has 16 heavy (non-hydrogen) atoms. The van der Waals surface area contributed by atoms with Crippen LogP contribution in [0.5, 0.6) is 0 Å². The van der Waals surface area contributed by atoms with Crippen LogP contribution in [-0.2, 0) is 6.42 Å². The second kappa shape index (κ2) is 3.67. The molecule has 0 heterocycles. The first-order valence-corrected chi connectivity index (χ1v) is 5.83. The first-order chi connectivity index (χ1) is 7.75. The molecular weight excluding hydrogens is 205 g/mol. The average Bonchev–Trinajstić information content (AvgIpc) is 3.07. The molecule has 0 saturated heterocycles. The number of fused-ring (bicyclic) bond motifs is 1. The van der Waals surface area contributed by atoms with E-state index in [2.05, 4.69) is 5.32 Å². The molecule has 0 aliphatic heterocycles. The van der Waals surface area contributed by atoms with Gasteiger partial charge in [-0.1, -0.05) is 12.1 Å². The number of halogens is 1. The van der Waals surface area contributed by atoms with Crippen molar-refractivity contribution in [2.24, 2.45) is 0 Å². The van der Waals surface area contributed by atoms with Gasteiger partial charge in [-0.05, 0) is 37.3 Å². The first-order valence-electron chi connectivity index (χ1n) is 5.83. The third-order valence-corrected chi connectivity index (χ3v) is 3.40. The zero-order valence-corrected chi connectivity index (χ0v) is 9.00. The third-order valence-electron chi connectivity index (χ3n) is 3.40. The molecule has 1 saturated carbocycles. The van der Waals surface area contributed by atoms with Gasteiger partial charge in [-0.15, -0.1) is 0 Å². The summed E-state index contributed by atoms with van der Waals surface area (Å²) in [5, 5.41) is 3.33. The van der Waals surface area contributed by atoms with E-state index in [0.29, 0.717) is 23.6 Å². The molecule has 2 aliphatic rings. The fraction of sp³-hybridized carbons (Fsp3) is 0.462. The number of nitrogens with one attached hydrogen (secondary N) is 1. The Bertz CT molecular complexity index is 440. The lowest BCUT2D eigenvalue weighted by atomic mass is 9.87. The summed E-state index contributed by atoms with van der Waals surface area (Å²) in [5.41, 5.74) is 1.17. The highest BCUT2D eigenvalue weighted by atomic mass is 19.1. The third kappa shape index (κ3) is 1.65. The van der Waals surface area contributed by atoms with Crippen LogP contribution >= 0.6 is 0 Å². The van der Waals surface area contributed by atoms with E-state index >= 15 is 0 Å². The maximum Gasteiger partial charge on any atom is 0.180 e. The van der Waals surface area contributed by atoms with E-state index in [-0.39, 0.29) is 17.6 Å². The zero-order chi connectivity index (χ0) is 11.1. The van der Waals surface area contributed by atoms with Crippen molar-refractivity contribution >= 4 is 5.78 Å². The molecule has 0 bridgehead atoms. The molecule has 0 amide bonds. The van der Waals surface area contributed by atoms with Crippen LogP contribution in [-0.4, -0.2) is 17.9 Å². The number of Topliss-reactive ketones (excluding diaryl/α,β-unsaturated/α-hetero) is 1. The number of ketones is 1. The van der Waals surface area contributed by atoms with Crippen molar-refractivity contribution < 1.29 is 9.18 Å². The lowest BCUT2D eigenvalue weighted by Gasteiger charge is -2.24. The van der Waals surface area contributed by atoms with Gasteiger partial charge >= 0.3 is 0 Å². The minimum absolute atomic E-state index is 0.0626. The molecule has 1 unspecified atom stereocenters. The van der Waals surface area contributed by atoms with Gasteiger partial charge < -0.3 is 5.32 Å². The van der Waals surface area contributed by atoms with Gasteiger partial charge in [0, 0.05) is 11.6 Å². The van der Waals surface area contributed by atoms with Gasteiger partial charge in [-0.3, -0.25) is 4.79 Å². The molecule has 2 aliphatic carbocycles. The van der Waals surface area contributed by atoms with Crippen molar-refractivity contribution in [3.05, 3.63) is 35.1 Å². The van der Waals surface area contributed by atoms with Crippen LogP contribution in [0.3, 0.4) is 0 Å². The smallest absolute Gasteiger partial charge is 0.180 e. The van der Waals surface area contributed by atoms with E-state index < -0.39 is 0 Å². The minimum atomic E-state index is -0.240. The van der Waals surface area contributed by atoms with Crippen LogP contribution in [0.2, 0.25) is 0 Å². The summed E-state index contributed by atoms with van der Waals surface area (Å²) in [6.45, 7) is 0. The molecular formula is C13H14FNO. The zero-order valence-electron chi connectivity index (χ0n) is 9.00. The summed E-state index contributed by atoms with van der Waals surface area (Å²) in [4.78, 5) is 12.1. The number of hydrogen-bond acceptors (Lipinski definition) is 2. The summed E-state index contributed by atoms with van der Waals surface area (Å²) in [6.07, 6.45) is 3.72. The molecule has 3 rings (SSSR count). The molecule has 2 nitrogen and oxygen atoms in total. The molecule has 0 radical (unpaired) electrons. The SMILES string of the molecule is O=C1c2cccc(F)c2CCC1NC1CC1. The molecule has 1 aromatic rings. The number of hydrogen-bond donors (Lipinski definition) is 1. The van der Waals surface area contributed by atoms with E-state index in [1.54, 1.807) is 12.1 Å². The number of carbonyl (C=O) groups excluding carboxylic acids is 1. The van der Waals surface area contributed by atoms with Crippen LogP contribution in [0.15, 0.2) is 18.2 Å². The minimum Gasteiger partial charge on any atom is -0.304 e. The van der Waals surface area contributed by atoms with E-state index in [1.807, 2.05) is 0 Å². The summed E-state index contributed by atoms with van der Waals surface area (Å²) in [6, 6.07) is 5.21. The average molecular weight is 219 g/mol. The highest BCUT2D eigenvalue weighted by Crippen LogP contribution is 2.27. The van der Waals surface area contributed by atoms with Gasteiger partial charge in [-0.25, -0.2) is 4.39 Å². The fourth-order valence-electron chi connectivity index (χ4n) is 2.34. The molecule has 84 valence electrons. The summed E-state index contributed by atoms with van der Waals surface area (Å²) in [7, 11) is 0. The topological polar surface area (TPSA) is 29.1 Å². The van der Waals surface area contributed by atoms with E-state index in [4.69, 9.17) is 0 Å². The largest absolute Gasteiger partial charge is 0.304 e. The van der Waals surface area contributed by atoms with Gasteiger partial charge in [0.1, 0.15) is 5.82 Å². The summed E-state index contributed by atoms with van der Waals surface area (Å²) >= 11 is 0. The summed E-state index contributed by atoms with van der Waals surface area (Å²) in [5.74, 6) is -0.177. The van der Waals surface area contributed by atoms with Crippen molar-refractivity contribution in [1.82, 2.24) is 5.32 Å². The molecule has 1 aromatic carbocycles. The number of benzene rings is 1. The molecule has 0 aromatic heterocycles. The highest BCUT2D eigenvalue weighted by molar-refractivity contribution is 6.02. The predicted octanol–water partition coefficient (Wildman–Crippen LogP) is 2.08. The molecule has 1 fully saturated rings. The Labute approximate surface area is 93.9 Å². The van der Waals surface area contributed by atoms with Gasteiger partial charge in [-0.2, -0.15) is 0 Å². The maximum atomic E-state index is 13.5. The van der Waals surface area contributed by atoms with Gasteiger partial charge in [0.25, 0.3) is 0 Å². The second-order valence-electron chi connectivity index (χ2n) is 4.66. The highest BCUT2D eigenvalue weighted by Gasteiger charge is 2.33. The Kier molecular flexibility index (Phi) is 2.28. The van der Waals surface area contributed by atoms with E-state index in [1.165, 1.54) is 18.9 Å². The maximum absolute atomic E-state index is 13.5. The molecule has 3 heteroatoms. The Balaban J connectivity index is 1.89. The van der Waals surface area contributed by atoms with Crippen molar-refractivity contribution in [3.63, 3.8) is 0 Å². The Morgan fingerprint density at radius 3 is 2.81 bits per heavy atom. The number of rotatable bonds is 2. The van der Waals surface area contributed by atoms with Crippen molar-refractivity contribution in [3.8, 4) is 0 Å². The Morgan fingerprint density at radius 1 is 1.25 bits per heavy atom. The molecule has 0 spiro atoms. The normalized spacial score (nSPS) is 24.3. The van der Waals surface area contributed by atoms with Crippen LogP contribution < -0.4 is 5.32 Å². The number of carbonyl (C=O) groups is 1. The van der Waals surface area contributed by atoms with Crippen LogP contribution in [0, 0.1) is 5.82 Å². The summed E-state index contributed by atoms with van der Waals surface area (Å²) < 4.78 is 13.5. The van der Waals surface area contributed by atoms with Crippen LogP contribution in [0.1, 0.15) is 35.2 Å². The van der Waals surface area contributed by atoms with Crippen LogP contribution in [0.4, 0.5) is 4.39 Å². The van der Waals surface area contributed by atoms with Crippen molar-refractivity contribution in [2.75, 3.05) is 0 Å². The van der Waals surface area contributed by atoms with E-state index in [0.717, 1.165) is 6.42 Å². The quantitative estimate of drug-likeness (QED) is 0.825. The first kappa shape index (κ1) is 9.97. The monoisotopic (exact) mass is 219 g/mol. The van der Waals surface area contributed by atoms with Gasteiger partial charge in [0.2, 0.25) is 0 Å². The van der Waals surface area contributed by atoms with E-state index in [9.17, 15) is 9.18 Å². The molecule has 1 atom stereocenters. The van der Waals surface area contributed by atoms with Gasteiger partial charge in [0.15, 0.2) is 5.78 Å². The van der Waals surface area contributed by atoms with Crippen LogP contribution in [0.25, 0.3) is 0 Å². The Hall–Kier alpha value is -1.22. The Morgan fingerprint density at radius 2 is 2.06 bits per heavy atom. The van der Waals surface area contributed by atoms with Crippen molar-refractivity contribution in [1.29, 1.82) is 0 Å². The standard InChI is InChI=1S/C13H14FNO/c14-11-3-1-2-10-9(11)6-7-12(13(10)16)15-8-4-5-8/h1-3,8,12,15H,4-7H2. The fourth-order valence-corrected chi connectivity index (χ4v) is 2.34. The lowest BCUT2D eigenvalue weighted by molar-refractivity contribution is 0.0925. The van der Waals surface area contributed by atoms with Gasteiger partial charge in [0.05, 0.1) is 6.04 Å². The van der Waals surface area contributed by atoms with Crippen molar-refractivity contribution in [2.45, 2.75) is 37.8 Å². The lowest BCUT2D eigenvalue weighted by Crippen LogP contribution is -2.41. The second-order valence-corrected chi connectivity index (χ2v) is 4.66.